The van der Waals surface area contributed by atoms with E-state index in [1.54, 1.807) is 9.80 Å². The molecule has 1 spiro atoms. The van der Waals surface area contributed by atoms with E-state index >= 15 is 4.79 Å². The Morgan fingerprint density at radius 1 is 0.925 bits per heavy atom. The number of rotatable bonds is 11. The average molecular weight is 731 g/mol. The van der Waals surface area contributed by atoms with Gasteiger partial charge in [0.15, 0.2) is 13.9 Å². The number of carbonyl (C=O) groups excluding carboxylic acids is 3. The monoisotopic (exact) mass is 730 g/mol. The fourth-order valence-corrected chi connectivity index (χ4v) is 11.0. The molecular formula is C42H46N4O6Si. The molecule has 11 heteroatoms. The fourth-order valence-electron chi connectivity index (χ4n) is 8.43. The Kier molecular flexibility index (Phi) is 10.2. The van der Waals surface area contributed by atoms with Gasteiger partial charge in [0.05, 0.1) is 42.8 Å². The summed E-state index contributed by atoms with van der Waals surface area (Å²) in [5.74, 6) is -1.18. The Morgan fingerprint density at radius 2 is 1.57 bits per heavy atom. The van der Waals surface area contributed by atoms with Crippen LogP contribution in [0.15, 0.2) is 114 Å². The van der Waals surface area contributed by atoms with Crippen molar-refractivity contribution >= 4 is 43.1 Å². The second kappa shape index (κ2) is 14.8. The molecule has 0 unspecified atom stereocenters. The number of ether oxygens (including phenoxy) is 1. The molecule has 0 aromatic heterocycles. The quantitative estimate of drug-likeness (QED) is 0.183. The van der Waals surface area contributed by atoms with Gasteiger partial charge in [-0.25, -0.2) is 5.01 Å². The van der Waals surface area contributed by atoms with Gasteiger partial charge in [0.2, 0.25) is 11.8 Å². The molecule has 0 saturated carbocycles. The third-order valence-electron chi connectivity index (χ3n) is 10.8. The number of hydrogen-bond donors (Lipinski definition) is 2. The van der Waals surface area contributed by atoms with E-state index in [1.165, 1.54) is 5.01 Å². The summed E-state index contributed by atoms with van der Waals surface area (Å²) in [6.45, 7) is 6.12. The van der Waals surface area contributed by atoms with Gasteiger partial charge in [-0.05, 0) is 48.0 Å². The van der Waals surface area contributed by atoms with Crippen molar-refractivity contribution in [2.75, 3.05) is 23.1 Å². The van der Waals surface area contributed by atoms with Gasteiger partial charge in [0.25, 0.3) is 5.91 Å². The van der Waals surface area contributed by atoms with E-state index in [4.69, 9.17) is 9.84 Å². The standard InChI is InChI=1S/C42H46N4O6Si/c1-29-40(53(2,3)51)37(26-39(49)44(23-24-47)27-30-13-7-4-8-14-30)52-42(29)34-25-33(46-38(48)22-20-35(43-46)32-17-11-6-12-18-32)19-21-36(34)45(41(42)50)28-31-15-9-5-10-16-31/h4-19,21,25,29,37,40,47,51H,20,22-24,26-28H2,1-3H3/t29-,37+,40-,42+/m0/s1. The van der Waals surface area contributed by atoms with E-state index in [0.29, 0.717) is 36.4 Å². The van der Waals surface area contributed by atoms with Gasteiger partial charge in [-0.2, -0.15) is 5.10 Å². The largest absolute Gasteiger partial charge is 0.432 e. The minimum atomic E-state index is -3.09. The molecule has 3 aliphatic rings. The summed E-state index contributed by atoms with van der Waals surface area (Å²) in [5, 5.41) is 16.1. The van der Waals surface area contributed by atoms with Crippen LogP contribution in [0.25, 0.3) is 0 Å². The summed E-state index contributed by atoms with van der Waals surface area (Å²) in [7, 11) is -3.09. The van der Waals surface area contributed by atoms with E-state index in [2.05, 4.69) is 0 Å². The van der Waals surface area contributed by atoms with Gasteiger partial charge in [0.1, 0.15) is 0 Å². The molecule has 1 saturated heterocycles. The lowest BCUT2D eigenvalue weighted by atomic mass is 9.82. The van der Waals surface area contributed by atoms with Crippen LogP contribution in [0.1, 0.15) is 48.4 Å². The molecule has 3 amide bonds. The summed E-state index contributed by atoms with van der Waals surface area (Å²) in [6.07, 6.45) is -0.0522. The van der Waals surface area contributed by atoms with Crippen LogP contribution < -0.4 is 9.91 Å². The van der Waals surface area contributed by atoms with Gasteiger partial charge < -0.3 is 24.4 Å². The molecule has 4 atom stereocenters. The van der Waals surface area contributed by atoms with E-state index in [0.717, 1.165) is 22.4 Å². The van der Waals surface area contributed by atoms with Gasteiger partial charge in [-0.1, -0.05) is 97.9 Å². The van der Waals surface area contributed by atoms with E-state index in [-0.39, 0.29) is 43.7 Å². The topological polar surface area (TPSA) is 123 Å². The fraction of sp³-hybridized carbons (Fsp3) is 0.333. The number of hydrazone groups is 1. The zero-order valence-corrected chi connectivity index (χ0v) is 31.4. The second-order valence-electron chi connectivity index (χ2n) is 14.8. The van der Waals surface area contributed by atoms with Crippen molar-refractivity contribution in [1.82, 2.24) is 4.90 Å². The molecule has 3 aliphatic heterocycles. The number of benzene rings is 4. The highest BCUT2D eigenvalue weighted by atomic mass is 28.4. The summed E-state index contributed by atoms with van der Waals surface area (Å²) >= 11 is 0. The first-order chi connectivity index (χ1) is 25.5. The molecule has 2 N–H and O–H groups in total. The molecule has 3 heterocycles. The number of hydrogen-bond acceptors (Lipinski definition) is 7. The highest BCUT2D eigenvalue weighted by Crippen LogP contribution is 2.60. The first-order valence-electron chi connectivity index (χ1n) is 18.3. The van der Waals surface area contributed by atoms with Crippen molar-refractivity contribution in [3.63, 3.8) is 0 Å². The first kappa shape index (κ1) is 36.4. The molecule has 0 radical (unpaired) electrons. The SMILES string of the molecule is C[C@H]1[C@H]([Si](C)(C)O)[C@@H](CC(=O)N(CCO)Cc2ccccc2)O[C@]12C(=O)N(Cc1ccccc1)c1ccc(N3N=C(c4ccccc4)CCC3=O)cc12. The van der Waals surface area contributed by atoms with Crippen molar-refractivity contribution in [1.29, 1.82) is 0 Å². The third kappa shape index (κ3) is 6.97. The van der Waals surface area contributed by atoms with Crippen molar-refractivity contribution in [3.8, 4) is 0 Å². The molecule has 1 fully saturated rings. The van der Waals surface area contributed by atoms with Crippen LogP contribution in [0.3, 0.4) is 0 Å². The normalized spacial score (nSPS) is 22.7. The van der Waals surface area contributed by atoms with Crippen molar-refractivity contribution in [2.24, 2.45) is 11.0 Å². The first-order valence-corrected chi connectivity index (χ1v) is 21.3. The number of carbonyl (C=O) groups is 3. The van der Waals surface area contributed by atoms with Crippen LogP contribution in [0.2, 0.25) is 18.6 Å². The van der Waals surface area contributed by atoms with Gasteiger partial charge in [-0.3, -0.25) is 14.4 Å². The van der Waals surface area contributed by atoms with Gasteiger partial charge in [-0.15, -0.1) is 0 Å². The lowest BCUT2D eigenvalue weighted by molar-refractivity contribution is -0.150. The molecule has 274 valence electrons. The number of fused-ring (bicyclic) bond motifs is 2. The lowest BCUT2D eigenvalue weighted by Crippen LogP contribution is -2.46. The average Bonchev–Trinajstić information content (AvgIpc) is 3.58. The maximum Gasteiger partial charge on any atom is 0.264 e. The number of nitrogens with zero attached hydrogens (tertiary/aromatic N) is 4. The predicted octanol–water partition coefficient (Wildman–Crippen LogP) is 5.97. The molecule has 10 nitrogen and oxygen atoms in total. The lowest BCUT2D eigenvalue weighted by Gasteiger charge is -2.33. The summed E-state index contributed by atoms with van der Waals surface area (Å²) < 4.78 is 7.01. The maximum atomic E-state index is 15.1. The van der Waals surface area contributed by atoms with E-state index in [1.807, 2.05) is 129 Å². The Balaban J connectivity index is 1.30. The third-order valence-corrected chi connectivity index (χ3v) is 13.4. The Morgan fingerprint density at radius 3 is 2.21 bits per heavy atom. The molecule has 53 heavy (non-hydrogen) atoms. The molecule has 7 rings (SSSR count). The van der Waals surface area contributed by atoms with Crippen LogP contribution >= 0.6 is 0 Å². The Hall–Kier alpha value is -4.94. The van der Waals surface area contributed by atoms with Crippen LogP contribution in [0.4, 0.5) is 11.4 Å². The zero-order chi connectivity index (χ0) is 37.3. The van der Waals surface area contributed by atoms with Gasteiger partial charge in [0, 0.05) is 43.0 Å². The molecule has 4 aromatic carbocycles. The minimum absolute atomic E-state index is 0.0725. The van der Waals surface area contributed by atoms with Gasteiger partial charge >= 0.3 is 0 Å². The molecule has 0 bridgehead atoms. The van der Waals surface area contributed by atoms with Crippen LogP contribution in [-0.2, 0) is 37.8 Å². The van der Waals surface area contributed by atoms with Crippen LogP contribution in [0.5, 0.6) is 0 Å². The van der Waals surface area contributed by atoms with Crippen molar-refractivity contribution in [2.45, 2.75) is 69.6 Å². The Labute approximate surface area is 311 Å². The number of anilines is 2. The molecule has 4 aromatic rings. The number of aliphatic hydroxyl groups excluding tert-OH is 1. The molecular weight excluding hydrogens is 685 g/mol. The summed E-state index contributed by atoms with van der Waals surface area (Å²) in [4.78, 5) is 57.8. The van der Waals surface area contributed by atoms with Crippen molar-refractivity contribution in [3.05, 3.63) is 131 Å². The Bertz CT molecular complexity index is 2000. The van der Waals surface area contributed by atoms with Crippen LogP contribution in [-0.4, -0.2) is 65.8 Å². The van der Waals surface area contributed by atoms with E-state index in [9.17, 15) is 19.5 Å². The highest BCUT2D eigenvalue weighted by molar-refractivity contribution is 6.71. The van der Waals surface area contributed by atoms with Crippen LogP contribution in [0, 0.1) is 5.92 Å². The highest BCUT2D eigenvalue weighted by Gasteiger charge is 2.66. The van der Waals surface area contributed by atoms with Crippen molar-refractivity contribution < 1.29 is 29.0 Å². The smallest absolute Gasteiger partial charge is 0.264 e. The number of aliphatic hydroxyl groups is 1. The predicted molar refractivity (Wildman–Crippen MR) is 207 cm³/mol. The number of amides is 3. The molecule has 0 aliphatic carbocycles. The second-order valence-corrected chi connectivity index (χ2v) is 18.8. The summed E-state index contributed by atoms with van der Waals surface area (Å²) in [5.41, 5.74) is 3.32. The summed E-state index contributed by atoms with van der Waals surface area (Å²) in [6, 6.07) is 34.6. The minimum Gasteiger partial charge on any atom is -0.432 e. The van der Waals surface area contributed by atoms with E-state index < -0.39 is 31.5 Å². The maximum absolute atomic E-state index is 15.1. The zero-order valence-electron chi connectivity index (χ0n) is 30.4.